The van der Waals surface area contributed by atoms with Crippen molar-refractivity contribution in [2.75, 3.05) is 6.54 Å². The third-order valence-corrected chi connectivity index (χ3v) is 5.16. The quantitative estimate of drug-likeness (QED) is 0.809. The maximum Gasteiger partial charge on any atom is 0.424 e. The first-order valence-corrected chi connectivity index (χ1v) is 8.77. The first-order chi connectivity index (χ1) is 11.1. The molecule has 2 aromatic rings. The predicted octanol–water partition coefficient (Wildman–Crippen LogP) is 2.72. The highest BCUT2D eigenvalue weighted by Gasteiger charge is 2.58. The molecule has 0 aliphatic rings. The van der Waals surface area contributed by atoms with Crippen LogP contribution >= 0.6 is 22.7 Å². The molecule has 132 valence electrons. The summed E-state index contributed by atoms with van der Waals surface area (Å²) in [5, 5.41) is 16.0. The molecular weight excluding hydrogens is 363 g/mol. The number of nitrogens with zero attached hydrogens (tertiary/aromatic N) is 2. The van der Waals surface area contributed by atoms with E-state index in [0.717, 1.165) is 10.7 Å². The average Bonchev–Trinajstić information content (AvgIpc) is 3.06. The van der Waals surface area contributed by atoms with Crippen molar-refractivity contribution in [1.29, 1.82) is 0 Å². The first-order valence-electron chi connectivity index (χ1n) is 7.01. The van der Waals surface area contributed by atoms with E-state index in [-0.39, 0.29) is 6.54 Å². The number of carbonyl (C=O) groups is 1. The van der Waals surface area contributed by atoms with E-state index in [2.05, 4.69) is 15.3 Å². The maximum absolute atomic E-state index is 13.3. The fourth-order valence-electron chi connectivity index (χ4n) is 1.99. The number of thiazole rings is 2. The molecule has 0 aliphatic carbocycles. The van der Waals surface area contributed by atoms with Crippen LogP contribution in [0.15, 0.2) is 10.8 Å². The summed E-state index contributed by atoms with van der Waals surface area (Å²) in [6.45, 7) is 3.51. The molecule has 0 bridgehead atoms. The SMILES string of the molecule is Cc1csc(C(O)(CC(=O)NCCc2csc(C)n2)C(F)(F)F)n1. The average molecular weight is 379 g/mol. The summed E-state index contributed by atoms with van der Waals surface area (Å²) >= 11 is 2.14. The number of rotatable bonds is 6. The number of aromatic nitrogens is 2. The van der Waals surface area contributed by atoms with Gasteiger partial charge in [0.25, 0.3) is 0 Å². The second kappa shape index (κ2) is 7.16. The van der Waals surface area contributed by atoms with Gasteiger partial charge in [0.1, 0.15) is 5.01 Å². The van der Waals surface area contributed by atoms with Crippen molar-refractivity contribution in [3.05, 3.63) is 32.2 Å². The number of hydrogen-bond acceptors (Lipinski definition) is 6. The Balaban J connectivity index is 2.00. The van der Waals surface area contributed by atoms with E-state index in [4.69, 9.17) is 0 Å². The van der Waals surface area contributed by atoms with Gasteiger partial charge in [0.15, 0.2) is 0 Å². The Labute approximate surface area is 144 Å². The van der Waals surface area contributed by atoms with Gasteiger partial charge in [-0.05, 0) is 13.8 Å². The van der Waals surface area contributed by atoms with Crippen LogP contribution in [-0.4, -0.2) is 33.7 Å². The minimum Gasteiger partial charge on any atom is -0.374 e. The number of hydrogen-bond donors (Lipinski definition) is 2. The largest absolute Gasteiger partial charge is 0.424 e. The van der Waals surface area contributed by atoms with Crippen LogP contribution in [0.25, 0.3) is 0 Å². The summed E-state index contributed by atoms with van der Waals surface area (Å²) in [7, 11) is 0. The third-order valence-electron chi connectivity index (χ3n) is 3.23. The van der Waals surface area contributed by atoms with Crippen molar-refractivity contribution in [2.24, 2.45) is 0 Å². The van der Waals surface area contributed by atoms with Crippen molar-refractivity contribution >= 4 is 28.6 Å². The summed E-state index contributed by atoms with van der Waals surface area (Å²) in [4.78, 5) is 19.8. The summed E-state index contributed by atoms with van der Waals surface area (Å²) in [6, 6.07) is 0. The topological polar surface area (TPSA) is 75.1 Å². The van der Waals surface area contributed by atoms with E-state index < -0.39 is 29.1 Å². The highest BCUT2D eigenvalue weighted by atomic mass is 32.1. The molecular formula is C14H16F3N3O2S2. The number of carbonyl (C=O) groups excluding carboxylic acids is 1. The summed E-state index contributed by atoms with van der Waals surface area (Å²) < 4.78 is 39.8. The monoisotopic (exact) mass is 379 g/mol. The number of aliphatic hydroxyl groups is 1. The van der Waals surface area contributed by atoms with Gasteiger partial charge < -0.3 is 10.4 Å². The third kappa shape index (κ3) is 4.31. The highest BCUT2D eigenvalue weighted by molar-refractivity contribution is 7.10. The fraction of sp³-hybridized carbons (Fsp3) is 0.500. The zero-order valence-electron chi connectivity index (χ0n) is 13.0. The van der Waals surface area contributed by atoms with Crippen molar-refractivity contribution < 1.29 is 23.1 Å². The molecule has 1 unspecified atom stereocenters. The predicted molar refractivity (Wildman–Crippen MR) is 85.0 cm³/mol. The first kappa shape index (κ1) is 18.8. The van der Waals surface area contributed by atoms with Crippen molar-refractivity contribution in [3.8, 4) is 0 Å². The van der Waals surface area contributed by atoms with Crippen LogP contribution < -0.4 is 5.32 Å². The van der Waals surface area contributed by atoms with E-state index in [1.165, 1.54) is 23.6 Å². The molecule has 0 aromatic carbocycles. The summed E-state index contributed by atoms with van der Waals surface area (Å²) in [5.41, 5.74) is -2.16. The van der Waals surface area contributed by atoms with Gasteiger partial charge >= 0.3 is 6.18 Å². The van der Waals surface area contributed by atoms with Crippen LogP contribution in [0, 0.1) is 13.8 Å². The Morgan fingerprint density at radius 2 is 1.96 bits per heavy atom. The Bertz CT molecular complexity index is 714. The van der Waals surface area contributed by atoms with Crippen LogP contribution in [0.5, 0.6) is 0 Å². The molecule has 0 fully saturated rings. The van der Waals surface area contributed by atoms with Crippen LogP contribution in [0.1, 0.15) is 27.8 Å². The lowest BCUT2D eigenvalue weighted by Gasteiger charge is -2.27. The smallest absolute Gasteiger partial charge is 0.374 e. The van der Waals surface area contributed by atoms with Crippen LogP contribution in [-0.2, 0) is 16.8 Å². The van der Waals surface area contributed by atoms with Crippen LogP contribution in [0.2, 0.25) is 0 Å². The summed E-state index contributed by atoms with van der Waals surface area (Å²) in [6.07, 6.45) is -5.71. The Hall–Kier alpha value is -1.52. The second-order valence-corrected chi connectivity index (χ2v) is 7.21. The molecule has 0 spiro atoms. The summed E-state index contributed by atoms with van der Waals surface area (Å²) in [5.74, 6) is -0.894. The van der Waals surface area contributed by atoms with Crippen molar-refractivity contribution in [2.45, 2.75) is 38.5 Å². The molecule has 1 amide bonds. The Morgan fingerprint density at radius 3 is 2.46 bits per heavy atom. The fourth-order valence-corrected chi connectivity index (χ4v) is 3.55. The van der Waals surface area contributed by atoms with E-state index in [1.54, 1.807) is 0 Å². The lowest BCUT2D eigenvalue weighted by molar-refractivity contribution is -0.267. The molecule has 2 heterocycles. The second-order valence-electron chi connectivity index (χ2n) is 5.29. The molecule has 2 N–H and O–H groups in total. The van der Waals surface area contributed by atoms with Crippen LogP contribution in [0.4, 0.5) is 13.2 Å². The lowest BCUT2D eigenvalue weighted by atomic mass is 9.99. The number of amides is 1. The molecule has 24 heavy (non-hydrogen) atoms. The number of halogens is 3. The minimum atomic E-state index is -5.00. The lowest BCUT2D eigenvalue weighted by Crippen LogP contribution is -2.46. The van der Waals surface area contributed by atoms with E-state index >= 15 is 0 Å². The molecule has 0 radical (unpaired) electrons. The molecule has 0 saturated heterocycles. The molecule has 1 atom stereocenters. The van der Waals surface area contributed by atoms with Gasteiger partial charge in [-0.3, -0.25) is 4.79 Å². The van der Waals surface area contributed by atoms with Crippen molar-refractivity contribution in [3.63, 3.8) is 0 Å². The van der Waals surface area contributed by atoms with Gasteiger partial charge in [-0.25, -0.2) is 9.97 Å². The molecule has 5 nitrogen and oxygen atoms in total. The van der Waals surface area contributed by atoms with Gasteiger partial charge in [-0.15, -0.1) is 22.7 Å². The van der Waals surface area contributed by atoms with E-state index in [1.807, 2.05) is 12.3 Å². The molecule has 0 aliphatic heterocycles. The number of aryl methyl sites for hydroxylation is 2. The van der Waals surface area contributed by atoms with E-state index in [9.17, 15) is 23.1 Å². The molecule has 0 saturated carbocycles. The maximum atomic E-state index is 13.3. The van der Waals surface area contributed by atoms with Gasteiger partial charge in [0, 0.05) is 29.4 Å². The van der Waals surface area contributed by atoms with Gasteiger partial charge in [0.05, 0.1) is 17.1 Å². The van der Waals surface area contributed by atoms with Gasteiger partial charge in [-0.2, -0.15) is 13.2 Å². The van der Waals surface area contributed by atoms with E-state index in [0.29, 0.717) is 23.5 Å². The van der Waals surface area contributed by atoms with Crippen molar-refractivity contribution in [1.82, 2.24) is 15.3 Å². The normalized spacial score (nSPS) is 14.4. The number of alkyl halides is 3. The molecule has 10 heteroatoms. The molecule has 2 aromatic heterocycles. The Kier molecular flexibility index (Phi) is 5.61. The highest BCUT2D eigenvalue weighted by Crippen LogP contribution is 2.42. The Morgan fingerprint density at radius 1 is 1.25 bits per heavy atom. The van der Waals surface area contributed by atoms with Gasteiger partial charge in [-0.1, -0.05) is 0 Å². The minimum absolute atomic E-state index is 0.146. The zero-order valence-corrected chi connectivity index (χ0v) is 14.6. The van der Waals surface area contributed by atoms with Crippen LogP contribution in [0.3, 0.4) is 0 Å². The standard InChI is InChI=1S/C14H16F3N3O2S2/c1-8-6-24-12(19-8)13(22,14(15,16)17)5-11(21)18-4-3-10-7-23-9(2)20-10/h6-7,22H,3-5H2,1-2H3,(H,18,21). The number of nitrogens with one attached hydrogen (secondary N) is 1. The molecule has 2 rings (SSSR count). The zero-order chi connectivity index (χ0) is 18.0. The van der Waals surface area contributed by atoms with Gasteiger partial charge in [0.2, 0.25) is 11.5 Å².